The molecule has 7 heteroatoms. The summed E-state index contributed by atoms with van der Waals surface area (Å²) in [6.45, 7) is 1.64. The molecule has 0 saturated heterocycles. The van der Waals surface area contributed by atoms with Gasteiger partial charge in [0, 0.05) is 0 Å². The van der Waals surface area contributed by atoms with Gasteiger partial charge in [0.05, 0.1) is 15.8 Å². The van der Waals surface area contributed by atoms with Gasteiger partial charge in [-0.1, -0.05) is 12.1 Å². The minimum absolute atomic E-state index is 0.0570. The summed E-state index contributed by atoms with van der Waals surface area (Å²) in [4.78, 5) is 11.0. The molecule has 0 aromatic heterocycles. The van der Waals surface area contributed by atoms with Gasteiger partial charge >= 0.3 is 13.1 Å². The molecule has 0 fully saturated rings. The molecule has 0 radical (unpaired) electrons. The second kappa shape index (κ2) is 5.03. The van der Waals surface area contributed by atoms with Crippen molar-refractivity contribution in [2.24, 2.45) is 0 Å². The Labute approximate surface area is 109 Å². The topological polar surface area (TPSA) is 90.6 Å². The van der Waals surface area contributed by atoms with Gasteiger partial charge in [0.2, 0.25) is 0 Å². The van der Waals surface area contributed by atoms with Gasteiger partial charge in [0.25, 0.3) is 0 Å². The van der Waals surface area contributed by atoms with E-state index >= 15 is 0 Å². The van der Waals surface area contributed by atoms with Crippen molar-refractivity contribution >= 4 is 29.9 Å². The molecule has 1 aromatic rings. The molecule has 18 heavy (non-hydrogen) atoms. The zero-order valence-electron chi connectivity index (χ0n) is 9.71. The van der Waals surface area contributed by atoms with Crippen molar-refractivity contribution < 1.29 is 19.6 Å². The van der Waals surface area contributed by atoms with Crippen LogP contribution in [0.25, 0.3) is 0 Å². The first-order chi connectivity index (χ1) is 8.49. The summed E-state index contributed by atoms with van der Waals surface area (Å²) in [6.07, 6.45) is 0.485. The van der Waals surface area contributed by atoms with Gasteiger partial charge in [0.1, 0.15) is 5.75 Å². The molecular weight excluding hydrogens is 253 g/mol. The van der Waals surface area contributed by atoms with E-state index in [0.29, 0.717) is 11.5 Å². The molecule has 3 N–H and O–H groups in total. The predicted molar refractivity (Wildman–Crippen MR) is 70.5 cm³/mol. The van der Waals surface area contributed by atoms with Crippen LogP contribution in [0.1, 0.15) is 22.8 Å². The summed E-state index contributed by atoms with van der Waals surface area (Å²) in [5, 5.41) is 26.4. The van der Waals surface area contributed by atoms with Crippen molar-refractivity contribution in [3.8, 4) is 5.75 Å². The maximum atomic E-state index is 11.0. The minimum Gasteiger partial charge on any atom is -0.535 e. The van der Waals surface area contributed by atoms with Gasteiger partial charge < -0.3 is 14.8 Å². The van der Waals surface area contributed by atoms with E-state index in [2.05, 4.69) is 0 Å². The molecule has 1 aromatic carbocycles. The molecule has 94 valence electrons. The van der Waals surface area contributed by atoms with E-state index in [1.807, 2.05) is 0 Å². The van der Waals surface area contributed by atoms with Crippen molar-refractivity contribution in [1.29, 1.82) is 5.41 Å². The second-order valence-electron chi connectivity index (χ2n) is 4.02. The fourth-order valence-electron chi connectivity index (χ4n) is 1.89. The molecule has 1 atom stereocenters. The van der Waals surface area contributed by atoms with E-state index < -0.39 is 13.1 Å². The lowest BCUT2D eigenvalue weighted by molar-refractivity contribution is 0.0694. The van der Waals surface area contributed by atoms with Crippen LogP contribution in [0.3, 0.4) is 0 Å². The lowest BCUT2D eigenvalue weighted by Crippen LogP contribution is -2.41. The number of fused-ring (bicyclic) bond motifs is 1. The number of hydrogen-bond acceptors (Lipinski definition) is 5. The van der Waals surface area contributed by atoms with Gasteiger partial charge in [-0.15, -0.1) is 11.8 Å². The summed E-state index contributed by atoms with van der Waals surface area (Å²) in [7, 11) is -1.09. The SMILES string of the molecule is CC(=N)S[C@H]1Cc2cccc(C(=O)O)c2OB1O. The first-order valence-electron chi connectivity index (χ1n) is 5.40. The maximum absolute atomic E-state index is 11.0. The van der Waals surface area contributed by atoms with E-state index in [-0.39, 0.29) is 16.5 Å². The van der Waals surface area contributed by atoms with Crippen LogP contribution in [0.2, 0.25) is 0 Å². The second-order valence-corrected chi connectivity index (χ2v) is 5.48. The van der Waals surface area contributed by atoms with Crippen LogP contribution in [0, 0.1) is 5.41 Å². The van der Waals surface area contributed by atoms with Crippen LogP contribution in [0.15, 0.2) is 18.2 Å². The summed E-state index contributed by atoms with van der Waals surface area (Å²) < 4.78 is 5.29. The quantitative estimate of drug-likeness (QED) is 0.427. The Kier molecular flexibility index (Phi) is 3.63. The summed E-state index contributed by atoms with van der Waals surface area (Å²) in [6, 6.07) is 4.88. The minimum atomic E-state index is -1.09. The van der Waals surface area contributed by atoms with Crippen LogP contribution in [0.4, 0.5) is 0 Å². The highest BCUT2D eigenvalue weighted by molar-refractivity contribution is 8.15. The number of carbonyl (C=O) groups is 1. The Morgan fingerprint density at radius 1 is 1.61 bits per heavy atom. The van der Waals surface area contributed by atoms with Crippen LogP contribution in [0.5, 0.6) is 5.75 Å². The average molecular weight is 265 g/mol. The first kappa shape index (κ1) is 13.0. The highest BCUT2D eigenvalue weighted by Gasteiger charge is 2.37. The van der Waals surface area contributed by atoms with E-state index in [4.69, 9.17) is 15.2 Å². The van der Waals surface area contributed by atoms with Crippen molar-refractivity contribution in [2.45, 2.75) is 18.5 Å². The van der Waals surface area contributed by atoms with Crippen molar-refractivity contribution in [3.63, 3.8) is 0 Å². The molecule has 0 saturated carbocycles. The highest BCUT2D eigenvalue weighted by atomic mass is 32.2. The molecule has 2 rings (SSSR count). The smallest absolute Gasteiger partial charge is 0.535 e. The number of rotatable bonds is 2. The molecule has 0 spiro atoms. The van der Waals surface area contributed by atoms with Gasteiger partial charge in [-0.2, -0.15) is 0 Å². The predicted octanol–water partition coefficient (Wildman–Crippen LogP) is 1.44. The summed E-state index contributed by atoms with van der Waals surface area (Å²) in [5.74, 6) is -0.842. The first-order valence-corrected chi connectivity index (χ1v) is 6.28. The molecular formula is C11H12BNO4S. The third-order valence-electron chi connectivity index (χ3n) is 2.63. The average Bonchev–Trinajstić information content (AvgIpc) is 2.28. The van der Waals surface area contributed by atoms with E-state index in [1.54, 1.807) is 19.1 Å². The molecule has 0 bridgehead atoms. The van der Waals surface area contributed by atoms with Gasteiger partial charge in [-0.3, -0.25) is 5.41 Å². The standard InChI is InChI=1S/C11H12BNO4S/c1-6(13)18-9-5-7-3-2-4-8(11(14)15)10(7)17-12(9)16/h2-4,9,13,16H,5H2,1H3,(H,14,15)/t9-/m0/s1. The number of hydrogen-bond donors (Lipinski definition) is 3. The number of aromatic carboxylic acids is 1. The lowest BCUT2D eigenvalue weighted by Gasteiger charge is -2.27. The third-order valence-corrected chi connectivity index (χ3v) is 3.69. The number of carboxylic acid groups (broad SMARTS) is 1. The van der Waals surface area contributed by atoms with Crippen LogP contribution in [-0.2, 0) is 6.42 Å². The number of carboxylic acids is 1. The van der Waals surface area contributed by atoms with E-state index in [0.717, 1.165) is 5.56 Å². The van der Waals surface area contributed by atoms with Crippen molar-refractivity contribution in [1.82, 2.24) is 0 Å². The third kappa shape index (κ3) is 2.52. The number of nitrogens with one attached hydrogen (secondary N) is 1. The number of para-hydroxylation sites is 1. The fourth-order valence-corrected chi connectivity index (χ4v) is 2.78. The zero-order chi connectivity index (χ0) is 13.3. The van der Waals surface area contributed by atoms with Gasteiger partial charge in [0.15, 0.2) is 0 Å². The molecule has 5 nitrogen and oxygen atoms in total. The fraction of sp³-hybridized carbons (Fsp3) is 0.273. The summed E-state index contributed by atoms with van der Waals surface area (Å²) in [5.41, 5.74) is 0.806. The molecule has 0 unspecified atom stereocenters. The largest absolute Gasteiger partial charge is 0.537 e. The van der Waals surface area contributed by atoms with E-state index in [1.165, 1.54) is 17.8 Å². The molecule has 0 aliphatic carbocycles. The zero-order valence-corrected chi connectivity index (χ0v) is 10.5. The molecule has 1 heterocycles. The normalized spacial score (nSPS) is 17.9. The van der Waals surface area contributed by atoms with Gasteiger partial charge in [-0.25, -0.2) is 4.79 Å². The molecule has 0 amide bonds. The Balaban J connectivity index is 2.33. The Morgan fingerprint density at radius 2 is 2.33 bits per heavy atom. The van der Waals surface area contributed by atoms with Crippen LogP contribution in [-0.4, -0.2) is 33.4 Å². The molecule has 1 aliphatic heterocycles. The Morgan fingerprint density at radius 3 is 2.94 bits per heavy atom. The number of thioether (sulfide) groups is 1. The van der Waals surface area contributed by atoms with Crippen LogP contribution >= 0.6 is 11.8 Å². The number of benzene rings is 1. The monoisotopic (exact) mass is 265 g/mol. The van der Waals surface area contributed by atoms with Crippen LogP contribution < -0.4 is 4.65 Å². The Hall–Kier alpha value is -1.47. The summed E-state index contributed by atoms with van der Waals surface area (Å²) >= 11 is 1.22. The Bertz CT molecular complexity index is 508. The van der Waals surface area contributed by atoms with Crippen molar-refractivity contribution in [2.75, 3.05) is 0 Å². The highest BCUT2D eigenvalue weighted by Crippen LogP contribution is 2.34. The molecule has 1 aliphatic rings. The maximum Gasteiger partial charge on any atom is 0.537 e. The van der Waals surface area contributed by atoms with Crippen molar-refractivity contribution in [3.05, 3.63) is 29.3 Å². The van der Waals surface area contributed by atoms with E-state index in [9.17, 15) is 9.82 Å². The lowest BCUT2D eigenvalue weighted by atomic mass is 9.77. The van der Waals surface area contributed by atoms with Gasteiger partial charge in [-0.05, 0) is 25.0 Å².